The van der Waals surface area contributed by atoms with Gasteiger partial charge in [-0.2, -0.15) is 0 Å². The summed E-state index contributed by atoms with van der Waals surface area (Å²) in [5.74, 6) is -1.30. The van der Waals surface area contributed by atoms with Crippen LogP contribution in [0, 0.1) is 0 Å². The fourth-order valence-electron chi connectivity index (χ4n) is 4.39. The van der Waals surface area contributed by atoms with Gasteiger partial charge in [0, 0.05) is 10.6 Å². The van der Waals surface area contributed by atoms with Gasteiger partial charge in [-0.05, 0) is 48.4 Å². The van der Waals surface area contributed by atoms with E-state index in [0.29, 0.717) is 42.5 Å². The van der Waals surface area contributed by atoms with Crippen molar-refractivity contribution in [1.82, 2.24) is 4.57 Å². The van der Waals surface area contributed by atoms with Crippen molar-refractivity contribution in [1.29, 1.82) is 0 Å². The molecule has 0 radical (unpaired) electrons. The first-order valence-corrected chi connectivity index (χ1v) is 13.5. The minimum atomic E-state index is -1.09. The smallest absolute Gasteiger partial charge is 0.341 e. The summed E-state index contributed by atoms with van der Waals surface area (Å²) < 4.78 is 12.6. The first-order valence-electron chi connectivity index (χ1n) is 12.3. The van der Waals surface area contributed by atoms with E-state index in [1.807, 2.05) is 30.3 Å². The van der Waals surface area contributed by atoms with E-state index in [9.17, 15) is 14.4 Å². The third-order valence-corrected chi connectivity index (χ3v) is 7.31. The number of rotatable bonds is 8. The Labute approximate surface area is 237 Å². The Morgan fingerprint density at radius 1 is 1.07 bits per heavy atom. The summed E-state index contributed by atoms with van der Waals surface area (Å²) in [4.78, 5) is 43.5. The highest BCUT2D eigenvalue weighted by molar-refractivity contribution is 7.07. The number of nitrogens with zero attached hydrogens (tertiary/aromatic N) is 2. The Morgan fingerprint density at radius 2 is 1.82 bits per heavy atom. The number of benzene rings is 3. The van der Waals surface area contributed by atoms with Crippen LogP contribution < -0.4 is 19.6 Å². The highest BCUT2D eigenvalue weighted by Crippen LogP contribution is 2.35. The van der Waals surface area contributed by atoms with E-state index in [0.717, 1.165) is 0 Å². The Bertz CT molecular complexity index is 1790. The molecule has 1 N–H and O–H groups in total. The van der Waals surface area contributed by atoms with Gasteiger partial charge >= 0.3 is 11.9 Å². The van der Waals surface area contributed by atoms with E-state index in [4.69, 9.17) is 31.2 Å². The van der Waals surface area contributed by atoms with Crippen molar-refractivity contribution in [3.8, 4) is 5.75 Å². The number of fused-ring (bicyclic) bond motifs is 1. The number of aromatic nitrogens is 1. The van der Waals surface area contributed by atoms with Crippen LogP contribution in [0.4, 0.5) is 0 Å². The summed E-state index contributed by atoms with van der Waals surface area (Å²) in [6.07, 6.45) is 1.69. The fourth-order valence-corrected chi connectivity index (χ4v) is 5.52. The van der Waals surface area contributed by atoms with E-state index in [1.165, 1.54) is 15.9 Å². The lowest BCUT2D eigenvalue weighted by Gasteiger charge is -2.25. The van der Waals surface area contributed by atoms with Gasteiger partial charge in [-0.3, -0.25) is 9.36 Å². The van der Waals surface area contributed by atoms with Crippen LogP contribution in [0.15, 0.2) is 94.2 Å². The molecule has 0 unspecified atom stereocenters. The largest absolute Gasteiger partial charge is 0.482 e. The molecule has 4 aromatic rings. The molecule has 40 heavy (non-hydrogen) atoms. The van der Waals surface area contributed by atoms with Gasteiger partial charge < -0.3 is 14.6 Å². The van der Waals surface area contributed by atoms with E-state index in [-0.39, 0.29) is 17.7 Å². The molecule has 5 rings (SSSR count). The molecule has 1 aliphatic rings. The van der Waals surface area contributed by atoms with Gasteiger partial charge in [0.2, 0.25) is 0 Å². The Hall–Kier alpha value is -4.47. The number of aliphatic carboxylic acids is 1. The van der Waals surface area contributed by atoms with Gasteiger partial charge in [-0.25, -0.2) is 14.6 Å². The van der Waals surface area contributed by atoms with Crippen molar-refractivity contribution in [2.45, 2.75) is 13.0 Å². The lowest BCUT2D eigenvalue weighted by molar-refractivity contribution is -0.140. The lowest BCUT2D eigenvalue weighted by atomic mass is 9.93. The maximum absolute atomic E-state index is 13.9. The second-order valence-corrected chi connectivity index (χ2v) is 10.2. The average Bonchev–Trinajstić information content (AvgIpc) is 3.26. The molecule has 0 aliphatic carbocycles. The zero-order valence-corrected chi connectivity index (χ0v) is 22.8. The lowest BCUT2D eigenvalue weighted by Crippen LogP contribution is -2.40. The molecule has 10 heteroatoms. The van der Waals surface area contributed by atoms with Crippen LogP contribution in [0.25, 0.3) is 11.8 Å². The summed E-state index contributed by atoms with van der Waals surface area (Å²) in [6.45, 7) is 1.40. The summed E-state index contributed by atoms with van der Waals surface area (Å²) in [5.41, 5.74) is 2.37. The highest BCUT2D eigenvalue weighted by Gasteiger charge is 2.35. The maximum atomic E-state index is 13.9. The summed E-state index contributed by atoms with van der Waals surface area (Å²) >= 11 is 7.35. The van der Waals surface area contributed by atoms with Crippen LogP contribution in [0.3, 0.4) is 0 Å². The first-order chi connectivity index (χ1) is 19.4. The quantitative estimate of drug-likeness (QED) is 0.318. The third kappa shape index (κ3) is 5.61. The standard InChI is InChI=1S/C30H23ClN2O6S/c1-2-38-29(37)25-26(19-8-4-3-5-9-19)32-30-33(27(25)20-11-13-21(31)14-12-20)28(36)23(40-30)16-18-7-6-10-22(15-18)39-17-24(34)35/h3-16,27H,2,17H2,1H3,(H,34,35)/b23-16-/t27-/m0/s1. The topological polar surface area (TPSA) is 107 Å². The second kappa shape index (κ2) is 11.7. The summed E-state index contributed by atoms with van der Waals surface area (Å²) in [6, 6.07) is 22.2. The molecule has 0 bridgehead atoms. The first kappa shape index (κ1) is 27.1. The molecule has 0 amide bonds. The second-order valence-electron chi connectivity index (χ2n) is 8.74. The number of carbonyl (C=O) groups is 2. The monoisotopic (exact) mass is 574 g/mol. The third-order valence-electron chi connectivity index (χ3n) is 6.08. The molecule has 202 valence electrons. The van der Waals surface area contributed by atoms with Crippen molar-refractivity contribution in [3.05, 3.63) is 126 Å². The van der Waals surface area contributed by atoms with Crippen molar-refractivity contribution in [3.63, 3.8) is 0 Å². The molecule has 1 aliphatic heterocycles. The van der Waals surface area contributed by atoms with Crippen LogP contribution in [0.1, 0.15) is 29.7 Å². The molecule has 1 aromatic heterocycles. The number of hydrogen-bond donors (Lipinski definition) is 1. The van der Waals surface area contributed by atoms with E-state index >= 15 is 0 Å². The molecular weight excluding hydrogens is 552 g/mol. The van der Waals surface area contributed by atoms with Crippen molar-refractivity contribution in [2.24, 2.45) is 4.99 Å². The predicted molar refractivity (Wildman–Crippen MR) is 152 cm³/mol. The SMILES string of the molecule is CCOC(=O)C1=C(c2ccccc2)N=c2s/c(=C\c3cccc(OCC(=O)O)c3)c(=O)n2[C@H]1c1ccc(Cl)cc1. The number of ether oxygens (including phenoxy) is 2. The number of carboxylic acids is 1. The Balaban J connectivity index is 1.74. The minimum absolute atomic E-state index is 0.155. The molecule has 8 nitrogen and oxygen atoms in total. The number of halogens is 1. The Morgan fingerprint density at radius 3 is 2.52 bits per heavy atom. The molecule has 2 heterocycles. The molecule has 0 saturated heterocycles. The van der Waals surface area contributed by atoms with Crippen LogP contribution >= 0.6 is 22.9 Å². The average molecular weight is 575 g/mol. The summed E-state index contributed by atoms with van der Waals surface area (Å²) in [7, 11) is 0. The summed E-state index contributed by atoms with van der Waals surface area (Å²) in [5, 5.41) is 9.43. The molecular formula is C30H23ClN2O6S. The molecule has 3 aromatic carbocycles. The van der Waals surface area contributed by atoms with Crippen molar-refractivity contribution < 1.29 is 24.2 Å². The van der Waals surface area contributed by atoms with E-state index < -0.39 is 24.6 Å². The van der Waals surface area contributed by atoms with Crippen molar-refractivity contribution >= 4 is 46.6 Å². The van der Waals surface area contributed by atoms with Crippen molar-refractivity contribution in [2.75, 3.05) is 13.2 Å². The van der Waals surface area contributed by atoms with Gasteiger partial charge in [0.15, 0.2) is 11.4 Å². The minimum Gasteiger partial charge on any atom is -0.482 e. The van der Waals surface area contributed by atoms with Gasteiger partial charge in [0.05, 0.1) is 28.5 Å². The normalized spacial score (nSPS) is 14.8. The molecule has 1 atom stereocenters. The zero-order valence-electron chi connectivity index (χ0n) is 21.2. The van der Waals surface area contributed by atoms with Crippen LogP contribution in [0.5, 0.6) is 5.75 Å². The van der Waals surface area contributed by atoms with Gasteiger partial charge in [0.25, 0.3) is 5.56 Å². The van der Waals surface area contributed by atoms with Gasteiger partial charge in [-0.15, -0.1) is 0 Å². The highest BCUT2D eigenvalue weighted by atomic mass is 35.5. The maximum Gasteiger partial charge on any atom is 0.341 e. The van der Waals surface area contributed by atoms with Crippen LogP contribution in [-0.2, 0) is 14.3 Å². The van der Waals surface area contributed by atoms with E-state index in [1.54, 1.807) is 61.5 Å². The molecule has 0 saturated carbocycles. The number of carbonyl (C=O) groups excluding carboxylic acids is 1. The molecule has 0 fully saturated rings. The predicted octanol–water partition coefficient (Wildman–Crippen LogP) is 4.05. The van der Waals surface area contributed by atoms with Gasteiger partial charge in [0.1, 0.15) is 5.75 Å². The van der Waals surface area contributed by atoms with E-state index in [2.05, 4.69) is 0 Å². The fraction of sp³-hybridized carbons (Fsp3) is 0.133. The van der Waals surface area contributed by atoms with Crippen LogP contribution in [0.2, 0.25) is 5.02 Å². The Kier molecular flexibility index (Phi) is 7.95. The van der Waals surface area contributed by atoms with Gasteiger partial charge in [-0.1, -0.05) is 77.5 Å². The number of thiazole rings is 1. The number of esters is 1. The zero-order chi connectivity index (χ0) is 28.2. The number of hydrogen-bond acceptors (Lipinski definition) is 7. The number of carboxylic acid groups (broad SMARTS) is 1. The van der Waals surface area contributed by atoms with Crippen LogP contribution in [-0.4, -0.2) is 34.8 Å². The molecule has 0 spiro atoms.